The number of hydrogen-bond acceptors (Lipinski definition) is 5. The SMILES string of the molecule is COc1csc(C(=O)N(C)CC(=O)N2CCNCC2)c1. The molecular weight excluding hydrogens is 278 g/mol. The van der Waals surface area contributed by atoms with Gasteiger partial charge in [0.2, 0.25) is 5.91 Å². The van der Waals surface area contributed by atoms with E-state index >= 15 is 0 Å². The van der Waals surface area contributed by atoms with Gasteiger partial charge in [0.1, 0.15) is 5.75 Å². The lowest BCUT2D eigenvalue weighted by Crippen LogP contribution is -2.49. The van der Waals surface area contributed by atoms with Gasteiger partial charge in [0, 0.05) is 44.7 Å². The van der Waals surface area contributed by atoms with Crippen LogP contribution < -0.4 is 10.1 Å². The van der Waals surface area contributed by atoms with Crippen LogP contribution in [-0.4, -0.2) is 68.5 Å². The van der Waals surface area contributed by atoms with Crippen molar-refractivity contribution in [3.63, 3.8) is 0 Å². The van der Waals surface area contributed by atoms with Gasteiger partial charge in [-0.15, -0.1) is 11.3 Å². The zero-order valence-electron chi connectivity index (χ0n) is 11.7. The van der Waals surface area contributed by atoms with Gasteiger partial charge in [-0.05, 0) is 0 Å². The summed E-state index contributed by atoms with van der Waals surface area (Å²) in [7, 11) is 3.21. The summed E-state index contributed by atoms with van der Waals surface area (Å²) in [6, 6.07) is 1.69. The Kier molecular flexibility index (Phi) is 4.97. The third-order valence-corrected chi connectivity index (χ3v) is 4.11. The van der Waals surface area contributed by atoms with E-state index in [0.717, 1.165) is 13.1 Å². The maximum absolute atomic E-state index is 12.2. The Bertz CT molecular complexity index is 483. The molecule has 2 rings (SSSR count). The first-order valence-corrected chi connectivity index (χ1v) is 7.36. The van der Waals surface area contributed by atoms with Crippen LogP contribution in [0.1, 0.15) is 9.67 Å². The molecule has 7 heteroatoms. The van der Waals surface area contributed by atoms with Crippen LogP contribution in [0.25, 0.3) is 0 Å². The summed E-state index contributed by atoms with van der Waals surface area (Å²) in [6.45, 7) is 3.14. The molecule has 1 aliphatic rings. The van der Waals surface area contributed by atoms with E-state index in [1.54, 1.807) is 30.5 Å². The molecule has 2 heterocycles. The maximum Gasteiger partial charge on any atom is 0.264 e. The molecule has 6 nitrogen and oxygen atoms in total. The Labute approximate surface area is 122 Å². The molecule has 1 aliphatic heterocycles. The monoisotopic (exact) mass is 297 g/mol. The average molecular weight is 297 g/mol. The molecule has 1 saturated heterocycles. The number of nitrogens with zero attached hydrogens (tertiary/aromatic N) is 2. The Balaban J connectivity index is 1.91. The van der Waals surface area contributed by atoms with Gasteiger partial charge in [-0.3, -0.25) is 9.59 Å². The quantitative estimate of drug-likeness (QED) is 0.866. The Hall–Kier alpha value is -1.60. The van der Waals surface area contributed by atoms with Gasteiger partial charge >= 0.3 is 0 Å². The van der Waals surface area contributed by atoms with Crippen LogP contribution in [0, 0.1) is 0 Å². The largest absolute Gasteiger partial charge is 0.496 e. The van der Waals surface area contributed by atoms with Crippen molar-refractivity contribution in [3.05, 3.63) is 16.3 Å². The van der Waals surface area contributed by atoms with E-state index in [1.807, 2.05) is 0 Å². The molecule has 2 amide bonds. The zero-order chi connectivity index (χ0) is 14.5. The van der Waals surface area contributed by atoms with Gasteiger partial charge < -0.3 is 19.9 Å². The van der Waals surface area contributed by atoms with Crippen LogP contribution in [0.5, 0.6) is 5.75 Å². The summed E-state index contributed by atoms with van der Waals surface area (Å²) >= 11 is 1.32. The second-order valence-electron chi connectivity index (χ2n) is 4.64. The molecule has 110 valence electrons. The van der Waals surface area contributed by atoms with E-state index in [-0.39, 0.29) is 18.4 Å². The van der Waals surface area contributed by atoms with Gasteiger partial charge in [-0.1, -0.05) is 0 Å². The van der Waals surface area contributed by atoms with E-state index in [1.165, 1.54) is 16.2 Å². The number of likely N-dealkylation sites (N-methyl/N-ethyl adjacent to an activating group) is 1. The number of thiophene rings is 1. The van der Waals surface area contributed by atoms with Gasteiger partial charge in [-0.25, -0.2) is 0 Å². The van der Waals surface area contributed by atoms with Crippen LogP contribution >= 0.6 is 11.3 Å². The highest BCUT2D eigenvalue weighted by Gasteiger charge is 2.21. The van der Waals surface area contributed by atoms with Gasteiger partial charge in [0.15, 0.2) is 0 Å². The lowest BCUT2D eigenvalue weighted by Gasteiger charge is -2.29. The van der Waals surface area contributed by atoms with Crippen molar-refractivity contribution in [3.8, 4) is 5.75 Å². The second-order valence-corrected chi connectivity index (χ2v) is 5.55. The first-order valence-electron chi connectivity index (χ1n) is 6.48. The predicted molar refractivity (Wildman–Crippen MR) is 77.3 cm³/mol. The molecule has 1 aromatic heterocycles. The smallest absolute Gasteiger partial charge is 0.264 e. The molecule has 0 atom stereocenters. The number of ether oxygens (including phenoxy) is 1. The van der Waals surface area contributed by atoms with Crippen molar-refractivity contribution in [1.29, 1.82) is 0 Å². The molecule has 1 fully saturated rings. The number of carbonyl (C=O) groups excluding carboxylic acids is 2. The molecule has 1 aromatic rings. The van der Waals surface area contributed by atoms with Crippen molar-refractivity contribution >= 4 is 23.2 Å². The van der Waals surface area contributed by atoms with E-state index < -0.39 is 0 Å². The summed E-state index contributed by atoms with van der Waals surface area (Å²) in [4.78, 5) is 28.1. The minimum atomic E-state index is -0.151. The lowest BCUT2D eigenvalue weighted by molar-refractivity contribution is -0.132. The number of nitrogens with one attached hydrogen (secondary N) is 1. The highest BCUT2D eigenvalue weighted by atomic mass is 32.1. The number of amides is 2. The van der Waals surface area contributed by atoms with Crippen LogP contribution in [0.2, 0.25) is 0 Å². The summed E-state index contributed by atoms with van der Waals surface area (Å²) in [5.74, 6) is 0.507. The fourth-order valence-corrected chi connectivity index (χ4v) is 2.86. The number of rotatable bonds is 4. The molecule has 0 saturated carbocycles. The summed E-state index contributed by atoms with van der Waals surface area (Å²) in [5.41, 5.74) is 0. The van der Waals surface area contributed by atoms with Crippen LogP contribution in [0.3, 0.4) is 0 Å². The van der Waals surface area contributed by atoms with Crippen LogP contribution in [0.15, 0.2) is 11.4 Å². The number of piperazine rings is 1. The Morgan fingerprint density at radius 3 is 2.75 bits per heavy atom. The average Bonchev–Trinajstić information content (AvgIpc) is 2.96. The van der Waals surface area contributed by atoms with Crippen LogP contribution in [-0.2, 0) is 4.79 Å². The summed E-state index contributed by atoms with van der Waals surface area (Å²) in [5, 5.41) is 4.97. The minimum Gasteiger partial charge on any atom is -0.496 e. The topological polar surface area (TPSA) is 61.9 Å². The molecule has 0 bridgehead atoms. The zero-order valence-corrected chi connectivity index (χ0v) is 12.5. The van der Waals surface area contributed by atoms with Crippen molar-refractivity contribution < 1.29 is 14.3 Å². The van der Waals surface area contributed by atoms with E-state index in [0.29, 0.717) is 23.7 Å². The lowest BCUT2D eigenvalue weighted by atomic mass is 10.3. The Morgan fingerprint density at radius 2 is 2.15 bits per heavy atom. The van der Waals surface area contributed by atoms with Crippen molar-refractivity contribution in [1.82, 2.24) is 15.1 Å². The molecule has 1 N–H and O–H groups in total. The first kappa shape index (κ1) is 14.8. The summed E-state index contributed by atoms with van der Waals surface area (Å²) < 4.78 is 5.06. The van der Waals surface area contributed by atoms with Gasteiger partial charge in [0.25, 0.3) is 5.91 Å². The summed E-state index contributed by atoms with van der Waals surface area (Å²) in [6.07, 6.45) is 0. The number of methoxy groups -OCH3 is 1. The minimum absolute atomic E-state index is 0.00845. The third-order valence-electron chi connectivity index (χ3n) is 3.21. The highest BCUT2D eigenvalue weighted by Crippen LogP contribution is 2.22. The van der Waals surface area contributed by atoms with E-state index in [4.69, 9.17) is 4.74 Å². The molecule has 0 unspecified atom stereocenters. The second kappa shape index (κ2) is 6.71. The fraction of sp³-hybridized carbons (Fsp3) is 0.538. The fourth-order valence-electron chi connectivity index (χ4n) is 2.02. The van der Waals surface area contributed by atoms with Gasteiger partial charge in [-0.2, -0.15) is 0 Å². The molecule has 0 aromatic carbocycles. The van der Waals surface area contributed by atoms with E-state index in [2.05, 4.69) is 5.32 Å². The predicted octanol–water partition coefficient (Wildman–Crippen LogP) is 0.261. The Morgan fingerprint density at radius 1 is 1.45 bits per heavy atom. The van der Waals surface area contributed by atoms with Gasteiger partial charge in [0.05, 0.1) is 18.5 Å². The molecule has 0 aliphatic carbocycles. The molecule has 20 heavy (non-hydrogen) atoms. The normalized spacial score (nSPS) is 15.0. The molecular formula is C13H19N3O3S. The van der Waals surface area contributed by atoms with E-state index in [9.17, 15) is 9.59 Å². The molecule has 0 spiro atoms. The number of carbonyl (C=O) groups is 2. The van der Waals surface area contributed by atoms with Crippen molar-refractivity contribution in [2.45, 2.75) is 0 Å². The van der Waals surface area contributed by atoms with Crippen molar-refractivity contribution in [2.75, 3.05) is 46.9 Å². The number of hydrogen-bond donors (Lipinski definition) is 1. The molecule has 0 radical (unpaired) electrons. The first-order chi connectivity index (χ1) is 9.61. The third kappa shape index (κ3) is 3.49. The maximum atomic E-state index is 12.2. The highest BCUT2D eigenvalue weighted by molar-refractivity contribution is 7.12. The van der Waals surface area contributed by atoms with Crippen molar-refractivity contribution in [2.24, 2.45) is 0 Å². The standard InChI is InChI=1S/C13H19N3O3S/c1-15(8-12(17)16-5-3-14-4-6-16)13(18)11-7-10(19-2)9-20-11/h7,9,14H,3-6,8H2,1-2H3. The van der Waals surface area contributed by atoms with Crippen LogP contribution in [0.4, 0.5) is 0 Å².